The molecule has 2 aromatic heterocycles. The zero-order valence-corrected chi connectivity index (χ0v) is 10.9. The zero-order chi connectivity index (χ0) is 15.7. The number of aromatic nitrogens is 3. The molecule has 0 aliphatic rings. The molecule has 3 aromatic rings. The van der Waals surface area contributed by atoms with E-state index >= 15 is 0 Å². The lowest BCUT2D eigenvalue weighted by atomic mass is 10.1. The molecule has 0 saturated heterocycles. The number of imidazole rings is 1. The molecule has 1 aromatic carbocycles. The first-order valence-corrected chi connectivity index (χ1v) is 6.03. The van der Waals surface area contributed by atoms with E-state index in [9.17, 15) is 13.2 Å². The second-order valence-electron chi connectivity index (χ2n) is 4.29. The topological polar surface area (TPSA) is 43.8 Å². The first-order chi connectivity index (χ1) is 10.5. The van der Waals surface area contributed by atoms with Gasteiger partial charge >= 0.3 is 6.36 Å². The molecule has 0 N–H and O–H groups in total. The molecule has 0 radical (unpaired) electrons. The third-order valence-electron chi connectivity index (χ3n) is 2.84. The van der Waals surface area contributed by atoms with Gasteiger partial charge in [0.05, 0.1) is 0 Å². The quantitative estimate of drug-likeness (QED) is 0.676. The summed E-state index contributed by atoms with van der Waals surface area (Å²) in [5.74, 6) is -0.159. The monoisotopic (exact) mass is 304 g/mol. The van der Waals surface area contributed by atoms with Crippen molar-refractivity contribution in [3.05, 3.63) is 54.3 Å². The summed E-state index contributed by atoms with van der Waals surface area (Å²) in [5, 5.41) is 0. The lowest BCUT2D eigenvalue weighted by Gasteiger charge is -2.08. The van der Waals surface area contributed by atoms with Gasteiger partial charge in [0.2, 0.25) is 5.69 Å². The van der Waals surface area contributed by atoms with Gasteiger partial charge in [0.25, 0.3) is 5.82 Å². The Bertz CT molecular complexity index is 862. The van der Waals surface area contributed by atoms with Crippen molar-refractivity contribution in [1.82, 2.24) is 14.4 Å². The second kappa shape index (κ2) is 5.04. The summed E-state index contributed by atoms with van der Waals surface area (Å²) in [5.41, 5.74) is 1.46. The van der Waals surface area contributed by atoms with E-state index in [2.05, 4.69) is 19.5 Å². The summed E-state index contributed by atoms with van der Waals surface area (Å²) < 4.78 is 41.9. The Morgan fingerprint density at radius 1 is 1.18 bits per heavy atom. The molecular weight excluding hydrogens is 297 g/mol. The highest BCUT2D eigenvalue weighted by Crippen LogP contribution is 2.28. The van der Waals surface area contributed by atoms with Crippen molar-refractivity contribution < 1.29 is 17.9 Å². The van der Waals surface area contributed by atoms with E-state index in [1.807, 2.05) is 0 Å². The normalized spacial score (nSPS) is 11.4. The van der Waals surface area contributed by atoms with Crippen LogP contribution in [-0.4, -0.2) is 20.7 Å². The summed E-state index contributed by atoms with van der Waals surface area (Å²) in [6.07, 6.45) is 0.00575. The first-order valence-electron chi connectivity index (χ1n) is 6.03. The van der Waals surface area contributed by atoms with Crippen LogP contribution in [0, 0.1) is 6.57 Å². The van der Waals surface area contributed by atoms with Crippen LogP contribution in [0.2, 0.25) is 0 Å². The van der Waals surface area contributed by atoms with Gasteiger partial charge in [-0.1, -0.05) is 6.57 Å². The average Bonchev–Trinajstić information content (AvgIpc) is 2.93. The Kier molecular flexibility index (Phi) is 3.18. The molecule has 0 aliphatic carbocycles. The minimum absolute atomic E-state index is 0.163. The smallest absolute Gasteiger partial charge is 0.406 e. The Morgan fingerprint density at radius 2 is 1.91 bits per heavy atom. The van der Waals surface area contributed by atoms with Crippen LogP contribution in [0.1, 0.15) is 0 Å². The number of rotatable bonds is 2. The molecule has 8 heteroatoms. The molecule has 0 spiro atoms. The van der Waals surface area contributed by atoms with Crippen molar-refractivity contribution in [2.75, 3.05) is 0 Å². The third kappa shape index (κ3) is 2.69. The Morgan fingerprint density at radius 3 is 2.55 bits per heavy atom. The molecule has 5 nitrogen and oxygen atoms in total. The van der Waals surface area contributed by atoms with Gasteiger partial charge in [0.15, 0.2) is 5.65 Å². The van der Waals surface area contributed by atoms with Crippen LogP contribution < -0.4 is 4.74 Å². The molecule has 22 heavy (non-hydrogen) atoms. The molecule has 3 rings (SSSR count). The summed E-state index contributed by atoms with van der Waals surface area (Å²) in [6, 6.07) is 5.25. The summed E-state index contributed by atoms with van der Waals surface area (Å²) in [4.78, 5) is 11.6. The molecule has 0 aliphatic heterocycles. The van der Waals surface area contributed by atoms with Gasteiger partial charge in [0, 0.05) is 24.2 Å². The van der Waals surface area contributed by atoms with E-state index in [1.165, 1.54) is 30.5 Å². The Hall–Kier alpha value is -3.08. The molecule has 0 amide bonds. The van der Waals surface area contributed by atoms with Crippen LogP contribution in [-0.2, 0) is 0 Å². The predicted molar refractivity (Wildman–Crippen MR) is 71.4 cm³/mol. The summed E-state index contributed by atoms with van der Waals surface area (Å²) >= 11 is 0. The minimum Gasteiger partial charge on any atom is -0.406 e. The van der Waals surface area contributed by atoms with E-state index in [1.54, 1.807) is 16.8 Å². The van der Waals surface area contributed by atoms with Gasteiger partial charge in [-0.15, -0.1) is 18.2 Å². The third-order valence-corrected chi connectivity index (χ3v) is 2.84. The number of nitrogens with zero attached hydrogens (tertiary/aromatic N) is 4. The van der Waals surface area contributed by atoms with Crippen LogP contribution in [0.15, 0.2) is 42.9 Å². The standard InChI is InChI=1S/C14H7F3N4O/c1-18-11-8-21-7-6-19-13(21)12(20-11)9-2-4-10(5-3-9)22-14(15,16)17/h2-8H. The van der Waals surface area contributed by atoms with Crippen molar-refractivity contribution in [3.8, 4) is 17.0 Å². The van der Waals surface area contributed by atoms with Gasteiger partial charge in [-0.3, -0.25) is 0 Å². The van der Waals surface area contributed by atoms with E-state index in [0.717, 1.165) is 0 Å². The molecule has 0 fully saturated rings. The average molecular weight is 304 g/mol. The van der Waals surface area contributed by atoms with Crippen LogP contribution in [0.5, 0.6) is 5.75 Å². The molecule has 110 valence electrons. The maximum absolute atomic E-state index is 12.1. The van der Waals surface area contributed by atoms with Gasteiger partial charge in [-0.25, -0.2) is 4.98 Å². The van der Waals surface area contributed by atoms with Crippen LogP contribution in [0.3, 0.4) is 0 Å². The molecule has 0 saturated carbocycles. The number of benzene rings is 1. The van der Waals surface area contributed by atoms with E-state index < -0.39 is 6.36 Å². The van der Waals surface area contributed by atoms with Crippen molar-refractivity contribution in [2.24, 2.45) is 0 Å². The zero-order valence-electron chi connectivity index (χ0n) is 10.9. The molecular formula is C14H7F3N4O. The molecule has 2 heterocycles. The predicted octanol–water partition coefficient (Wildman–Crippen LogP) is 3.85. The van der Waals surface area contributed by atoms with Crippen molar-refractivity contribution in [1.29, 1.82) is 0 Å². The fourth-order valence-corrected chi connectivity index (χ4v) is 1.98. The highest BCUT2D eigenvalue weighted by Gasteiger charge is 2.31. The maximum atomic E-state index is 12.1. The summed E-state index contributed by atoms with van der Waals surface area (Å²) in [6.45, 7) is 7.05. The van der Waals surface area contributed by atoms with Crippen molar-refractivity contribution in [2.45, 2.75) is 6.36 Å². The van der Waals surface area contributed by atoms with Crippen molar-refractivity contribution >= 4 is 11.5 Å². The Labute approximate surface area is 122 Å². The number of fused-ring (bicyclic) bond motifs is 1. The fourth-order valence-electron chi connectivity index (χ4n) is 1.98. The highest BCUT2D eigenvalue weighted by atomic mass is 19.4. The lowest BCUT2D eigenvalue weighted by Crippen LogP contribution is -2.16. The first kappa shape index (κ1) is 13.9. The van der Waals surface area contributed by atoms with Crippen molar-refractivity contribution in [3.63, 3.8) is 0 Å². The lowest BCUT2D eigenvalue weighted by molar-refractivity contribution is -0.274. The Balaban J connectivity index is 2.04. The van der Waals surface area contributed by atoms with E-state index in [-0.39, 0.29) is 11.6 Å². The van der Waals surface area contributed by atoms with E-state index in [4.69, 9.17) is 6.57 Å². The molecule has 0 unspecified atom stereocenters. The van der Waals surface area contributed by atoms with Gasteiger partial charge < -0.3 is 14.0 Å². The molecule has 0 atom stereocenters. The van der Waals surface area contributed by atoms with Gasteiger partial charge in [-0.05, 0) is 24.3 Å². The van der Waals surface area contributed by atoms with Crippen LogP contribution in [0.4, 0.5) is 19.0 Å². The van der Waals surface area contributed by atoms with Crippen LogP contribution in [0.25, 0.3) is 21.7 Å². The van der Waals surface area contributed by atoms with E-state index in [0.29, 0.717) is 16.9 Å². The van der Waals surface area contributed by atoms with Crippen LogP contribution >= 0.6 is 0 Å². The second-order valence-corrected chi connectivity index (χ2v) is 4.29. The largest absolute Gasteiger partial charge is 0.573 e. The number of alkyl halides is 3. The summed E-state index contributed by atoms with van der Waals surface area (Å²) in [7, 11) is 0. The maximum Gasteiger partial charge on any atom is 0.573 e. The fraction of sp³-hybridized carbons (Fsp3) is 0.0714. The van der Waals surface area contributed by atoms with Gasteiger partial charge in [-0.2, -0.15) is 0 Å². The number of hydrogen-bond acceptors (Lipinski definition) is 3. The number of hydrogen-bond donors (Lipinski definition) is 0. The SMILES string of the molecule is [C-]#[N+]c1cn2ccnc2c(-c2ccc(OC(F)(F)F)cc2)n1. The van der Waals surface area contributed by atoms with Gasteiger partial charge in [0.1, 0.15) is 5.75 Å². The number of halogens is 3. The number of ether oxygens (including phenoxy) is 1. The highest BCUT2D eigenvalue weighted by molar-refractivity contribution is 5.75. The minimum atomic E-state index is -4.74. The molecule has 0 bridgehead atoms.